The first-order chi connectivity index (χ1) is 13.5. The summed E-state index contributed by atoms with van der Waals surface area (Å²) in [5.74, 6) is 0.452. The topological polar surface area (TPSA) is 113 Å². The van der Waals surface area contributed by atoms with Crippen molar-refractivity contribution in [2.45, 2.75) is 13.8 Å². The number of ether oxygens (including phenoxy) is 1. The Morgan fingerprint density at radius 2 is 1.96 bits per heavy atom. The predicted octanol–water partition coefficient (Wildman–Crippen LogP) is 3.09. The maximum atomic E-state index is 11.9. The normalized spacial score (nSPS) is 10.9. The number of H-pyrrole nitrogens is 1. The standard InChI is InChI=1S/C19H18N6O3/c1-3-28-17(27)12-7-8-16-15(9-12)22-19-23-18(24-25(16)19)21-14-6-4-5-13(10-14)20-11(2)26/h4-10H,3H2,1-2H3,(H,20,26)(H2,21,22,23,24). The smallest absolute Gasteiger partial charge is 0.338 e. The molecular weight excluding hydrogens is 360 g/mol. The van der Waals surface area contributed by atoms with Gasteiger partial charge in [0.2, 0.25) is 11.9 Å². The number of amides is 1. The molecule has 2 aromatic carbocycles. The average molecular weight is 378 g/mol. The molecule has 0 aliphatic heterocycles. The second-order valence-electron chi connectivity index (χ2n) is 6.13. The predicted molar refractivity (Wildman–Crippen MR) is 105 cm³/mol. The average Bonchev–Trinajstić information content (AvgIpc) is 3.18. The second kappa shape index (κ2) is 7.03. The highest BCUT2D eigenvalue weighted by Crippen LogP contribution is 2.22. The molecule has 0 aliphatic rings. The van der Waals surface area contributed by atoms with E-state index in [9.17, 15) is 9.59 Å². The van der Waals surface area contributed by atoms with Gasteiger partial charge >= 0.3 is 5.97 Å². The number of hydrogen-bond acceptors (Lipinski definition) is 6. The van der Waals surface area contributed by atoms with Crippen LogP contribution >= 0.6 is 0 Å². The van der Waals surface area contributed by atoms with Crippen molar-refractivity contribution in [2.75, 3.05) is 17.2 Å². The number of rotatable bonds is 5. The Balaban J connectivity index is 1.62. The number of hydrogen-bond donors (Lipinski definition) is 3. The molecule has 4 rings (SSSR count). The van der Waals surface area contributed by atoms with Crippen molar-refractivity contribution >= 4 is 46.0 Å². The second-order valence-corrected chi connectivity index (χ2v) is 6.13. The Bertz CT molecular complexity index is 1190. The molecule has 0 unspecified atom stereocenters. The Morgan fingerprint density at radius 1 is 1.14 bits per heavy atom. The van der Waals surface area contributed by atoms with Crippen LogP contribution in [0.25, 0.3) is 16.8 Å². The first-order valence-electron chi connectivity index (χ1n) is 8.73. The van der Waals surface area contributed by atoms with Gasteiger partial charge in [0, 0.05) is 18.3 Å². The fraction of sp³-hybridized carbons (Fsp3) is 0.158. The Kier molecular flexibility index (Phi) is 4.40. The molecule has 0 bridgehead atoms. The van der Waals surface area contributed by atoms with Crippen LogP contribution in [-0.2, 0) is 9.53 Å². The number of anilines is 3. The van der Waals surface area contributed by atoms with Crippen molar-refractivity contribution in [1.82, 2.24) is 19.6 Å². The zero-order valence-corrected chi connectivity index (χ0v) is 15.3. The summed E-state index contributed by atoms with van der Waals surface area (Å²) < 4.78 is 6.74. The molecule has 142 valence electrons. The number of aromatic nitrogens is 4. The SMILES string of the molecule is CCOC(=O)c1ccc2c(c1)nc1nc(Nc3cccc(NC(C)=O)c3)[nH]n12. The van der Waals surface area contributed by atoms with Crippen LogP contribution in [0.5, 0.6) is 0 Å². The number of nitrogens with one attached hydrogen (secondary N) is 3. The molecule has 0 radical (unpaired) electrons. The van der Waals surface area contributed by atoms with Crippen LogP contribution in [0.15, 0.2) is 42.5 Å². The number of carbonyl (C=O) groups excluding carboxylic acids is 2. The summed E-state index contributed by atoms with van der Waals surface area (Å²) in [6.45, 7) is 3.54. The maximum absolute atomic E-state index is 11.9. The van der Waals surface area contributed by atoms with Crippen LogP contribution < -0.4 is 10.6 Å². The van der Waals surface area contributed by atoms with Gasteiger partial charge in [-0.1, -0.05) is 6.07 Å². The Labute approximate surface area is 159 Å². The lowest BCUT2D eigenvalue weighted by Gasteiger charge is -2.06. The number of imidazole rings is 1. The lowest BCUT2D eigenvalue weighted by atomic mass is 10.2. The van der Waals surface area contributed by atoms with Gasteiger partial charge in [0.1, 0.15) is 0 Å². The minimum absolute atomic E-state index is 0.137. The van der Waals surface area contributed by atoms with E-state index in [2.05, 4.69) is 25.7 Å². The van der Waals surface area contributed by atoms with Gasteiger partial charge in [-0.15, -0.1) is 0 Å². The summed E-state index contributed by atoms with van der Waals surface area (Å²) >= 11 is 0. The molecule has 0 atom stereocenters. The maximum Gasteiger partial charge on any atom is 0.338 e. The first kappa shape index (κ1) is 17.5. The van der Waals surface area contributed by atoms with E-state index in [-0.39, 0.29) is 11.9 Å². The highest BCUT2D eigenvalue weighted by Gasteiger charge is 2.13. The first-order valence-corrected chi connectivity index (χ1v) is 8.73. The number of esters is 1. The monoisotopic (exact) mass is 378 g/mol. The minimum Gasteiger partial charge on any atom is -0.462 e. The molecule has 0 saturated heterocycles. The van der Waals surface area contributed by atoms with E-state index in [0.29, 0.717) is 35.1 Å². The molecule has 0 aliphatic carbocycles. The van der Waals surface area contributed by atoms with E-state index in [1.165, 1.54) is 6.92 Å². The molecule has 2 heterocycles. The number of nitrogens with zero attached hydrogens (tertiary/aromatic N) is 3. The van der Waals surface area contributed by atoms with Gasteiger partial charge in [0.15, 0.2) is 0 Å². The van der Waals surface area contributed by atoms with Crippen LogP contribution in [0.3, 0.4) is 0 Å². The molecule has 28 heavy (non-hydrogen) atoms. The zero-order chi connectivity index (χ0) is 19.7. The van der Waals surface area contributed by atoms with E-state index in [0.717, 1.165) is 11.2 Å². The molecule has 4 aromatic rings. The third kappa shape index (κ3) is 3.37. The van der Waals surface area contributed by atoms with E-state index in [1.54, 1.807) is 41.8 Å². The molecule has 9 nitrogen and oxygen atoms in total. The molecule has 9 heteroatoms. The number of benzene rings is 2. The quantitative estimate of drug-likeness (QED) is 0.460. The van der Waals surface area contributed by atoms with Crippen molar-refractivity contribution in [3.63, 3.8) is 0 Å². The van der Waals surface area contributed by atoms with Gasteiger partial charge in [0.25, 0.3) is 5.78 Å². The van der Waals surface area contributed by atoms with E-state index >= 15 is 0 Å². The third-order valence-corrected chi connectivity index (χ3v) is 4.02. The van der Waals surface area contributed by atoms with Crippen molar-refractivity contribution in [3.05, 3.63) is 48.0 Å². The lowest BCUT2D eigenvalue weighted by Crippen LogP contribution is -2.05. The highest BCUT2D eigenvalue weighted by atomic mass is 16.5. The van der Waals surface area contributed by atoms with Crippen molar-refractivity contribution in [3.8, 4) is 0 Å². The van der Waals surface area contributed by atoms with Crippen molar-refractivity contribution in [1.29, 1.82) is 0 Å². The summed E-state index contributed by atoms with van der Waals surface area (Å²) in [5, 5.41) is 9.02. The fourth-order valence-corrected chi connectivity index (χ4v) is 2.90. The highest BCUT2D eigenvalue weighted by molar-refractivity contribution is 5.94. The molecular formula is C19H18N6O3. The number of carbonyl (C=O) groups is 2. The van der Waals surface area contributed by atoms with E-state index in [4.69, 9.17) is 4.74 Å². The van der Waals surface area contributed by atoms with Crippen LogP contribution in [0, 0.1) is 0 Å². The summed E-state index contributed by atoms with van der Waals surface area (Å²) in [7, 11) is 0. The zero-order valence-electron chi connectivity index (χ0n) is 15.3. The van der Waals surface area contributed by atoms with Crippen molar-refractivity contribution in [2.24, 2.45) is 0 Å². The van der Waals surface area contributed by atoms with Gasteiger partial charge in [0.05, 0.1) is 23.2 Å². The number of fused-ring (bicyclic) bond motifs is 3. The fourth-order valence-electron chi connectivity index (χ4n) is 2.90. The summed E-state index contributed by atoms with van der Waals surface area (Å²) in [4.78, 5) is 32.0. The van der Waals surface area contributed by atoms with Crippen LogP contribution in [0.2, 0.25) is 0 Å². The minimum atomic E-state index is -0.379. The van der Waals surface area contributed by atoms with E-state index in [1.807, 2.05) is 12.1 Å². The Hall–Kier alpha value is -3.88. The molecule has 0 fully saturated rings. The largest absolute Gasteiger partial charge is 0.462 e. The molecule has 1 amide bonds. The summed E-state index contributed by atoms with van der Waals surface area (Å²) in [5.41, 5.74) is 3.32. The summed E-state index contributed by atoms with van der Waals surface area (Å²) in [6, 6.07) is 12.5. The van der Waals surface area contributed by atoms with Gasteiger partial charge in [-0.05, 0) is 43.3 Å². The van der Waals surface area contributed by atoms with Gasteiger partial charge < -0.3 is 15.4 Å². The van der Waals surface area contributed by atoms with Crippen molar-refractivity contribution < 1.29 is 14.3 Å². The molecule has 0 saturated carbocycles. The van der Waals surface area contributed by atoms with Crippen LogP contribution in [0.1, 0.15) is 24.2 Å². The van der Waals surface area contributed by atoms with Gasteiger partial charge in [-0.3, -0.25) is 9.89 Å². The van der Waals surface area contributed by atoms with Crippen LogP contribution in [0.4, 0.5) is 17.3 Å². The molecule has 3 N–H and O–H groups in total. The van der Waals surface area contributed by atoms with E-state index < -0.39 is 0 Å². The molecule has 2 aromatic heterocycles. The Morgan fingerprint density at radius 3 is 2.75 bits per heavy atom. The van der Waals surface area contributed by atoms with Gasteiger partial charge in [-0.25, -0.2) is 14.3 Å². The number of aromatic amines is 1. The van der Waals surface area contributed by atoms with Crippen LogP contribution in [-0.4, -0.2) is 38.1 Å². The van der Waals surface area contributed by atoms with Gasteiger partial charge in [-0.2, -0.15) is 4.98 Å². The summed E-state index contributed by atoms with van der Waals surface area (Å²) in [6.07, 6.45) is 0. The molecule has 0 spiro atoms. The lowest BCUT2D eigenvalue weighted by molar-refractivity contribution is -0.114. The third-order valence-electron chi connectivity index (χ3n) is 4.02.